The van der Waals surface area contributed by atoms with Crippen LogP contribution >= 0.6 is 0 Å². The van der Waals surface area contributed by atoms with Gasteiger partial charge in [0, 0.05) is 17.1 Å². The van der Waals surface area contributed by atoms with Gasteiger partial charge in [-0.3, -0.25) is 9.59 Å². The number of rotatable bonds is 10. The van der Waals surface area contributed by atoms with E-state index in [-0.39, 0.29) is 11.6 Å². The number of para-hydroxylation sites is 1. The van der Waals surface area contributed by atoms with Crippen LogP contribution in [0.15, 0.2) is 67.0 Å². The third-order valence-corrected chi connectivity index (χ3v) is 6.07. The molecule has 0 saturated carbocycles. The summed E-state index contributed by atoms with van der Waals surface area (Å²) in [6.45, 7) is 0.765. The molecule has 0 fully saturated rings. The van der Waals surface area contributed by atoms with Gasteiger partial charge in [-0.1, -0.05) is 18.2 Å². The van der Waals surface area contributed by atoms with Crippen molar-refractivity contribution in [1.29, 1.82) is 0 Å². The number of hydrogen-bond acceptors (Lipinski definition) is 7. The third kappa shape index (κ3) is 6.04. The Kier molecular flexibility index (Phi) is 8.12. The zero-order valence-corrected chi connectivity index (χ0v) is 21.4. The minimum atomic E-state index is -0.672. The summed E-state index contributed by atoms with van der Waals surface area (Å²) in [5.74, 6) is -0.927. The van der Waals surface area contributed by atoms with Gasteiger partial charge in [-0.05, 0) is 69.0 Å². The summed E-state index contributed by atoms with van der Waals surface area (Å²) < 4.78 is 19.4. The van der Waals surface area contributed by atoms with E-state index >= 15 is 0 Å². The molecule has 0 aliphatic heterocycles. The van der Waals surface area contributed by atoms with Crippen molar-refractivity contribution in [2.45, 2.75) is 12.5 Å². The lowest BCUT2D eigenvalue weighted by Crippen LogP contribution is -2.21. The first kappa shape index (κ1) is 26.5. The van der Waals surface area contributed by atoms with E-state index in [1.54, 1.807) is 18.2 Å². The van der Waals surface area contributed by atoms with Gasteiger partial charge >= 0.3 is 0 Å². The average Bonchev–Trinajstić information content (AvgIpc) is 2.90. The first-order valence-electron chi connectivity index (χ1n) is 12.0. The number of nitrogens with two attached hydrogens (primary N) is 1. The molecule has 0 aliphatic carbocycles. The number of hydrogen-bond donors (Lipinski definition) is 3. The number of carbonyl (C=O) groups excluding carboxylic acids is 2. The number of benzene rings is 3. The quantitative estimate of drug-likeness (QED) is 0.288. The summed E-state index contributed by atoms with van der Waals surface area (Å²) in [7, 11) is 5.40. The van der Waals surface area contributed by atoms with Gasteiger partial charge in [0.2, 0.25) is 0 Å². The second-order valence-electron chi connectivity index (χ2n) is 9.00. The molecule has 0 saturated heterocycles. The molecule has 4 N–H and O–H groups in total. The van der Waals surface area contributed by atoms with E-state index in [4.69, 9.17) is 10.5 Å². The van der Waals surface area contributed by atoms with Gasteiger partial charge in [-0.15, -0.1) is 0 Å². The van der Waals surface area contributed by atoms with Gasteiger partial charge in [-0.25, -0.2) is 14.4 Å². The van der Waals surface area contributed by atoms with E-state index in [0.29, 0.717) is 40.1 Å². The predicted molar refractivity (Wildman–Crippen MR) is 145 cm³/mol. The maximum atomic E-state index is 14.4. The van der Waals surface area contributed by atoms with Gasteiger partial charge < -0.3 is 26.0 Å². The highest BCUT2D eigenvalue weighted by atomic mass is 19.1. The van der Waals surface area contributed by atoms with Crippen molar-refractivity contribution < 1.29 is 18.7 Å². The predicted octanol–water partition coefficient (Wildman–Crippen LogP) is 4.23. The van der Waals surface area contributed by atoms with Gasteiger partial charge in [0.15, 0.2) is 0 Å². The molecule has 4 aromatic rings. The number of halogens is 1. The van der Waals surface area contributed by atoms with Gasteiger partial charge in [-0.2, -0.15) is 0 Å². The largest absolute Gasteiger partial charge is 0.497 e. The van der Waals surface area contributed by atoms with Crippen LogP contribution in [0.5, 0.6) is 5.75 Å². The number of fused-ring (bicyclic) bond motifs is 1. The standard InChI is InChI=1S/C28H29FN6O3/c1-35(2)13-12-24(34-27-22-9-5-8-21(26(30)36)25(22)31-16-32-27)17-6-4-7-18(14-17)33-28(37)20-11-10-19(38-3)15-23(20)29/h4-11,14-16,24H,12-13H2,1-3H3,(H2,30,36)(H,33,37)(H,31,32,34). The smallest absolute Gasteiger partial charge is 0.258 e. The summed E-state index contributed by atoms with van der Waals surface area (Å²) in [4.78, 5) is 35.4. The average molecular weight is 517 g/mol. The van der Waals surface area contributed by atoms with Crippen molar-refractivity contribution in [2.24, 2.45) is 5.73 Å². The van der Waals surface area contributed by atoms with Crippen LogP contribution in [0.1, 0.15) is 38.7 Å². The lowest BCUT2D eigenvalue weighted by Gasteiger charge is -2.23. The summed E-state index contributed by atoms with van der Waals surface area (Å²) in [5, 5.41) is 6.92. The molecule has 0 radical (unpaired) electrons. The van der Waals surface area contributed by atoms with Crippen LogP contribution in [0.4, 0.5) is 15.9 Å². The van der Waals surface area contributed by atoms with Crippen LogP contribution in [0, 0.1) is 5.82 Å². The van der Waals surface area contributed by atoms with Crippen LogP contribution in [0.2, 0.25) is 0 Å². The van der Waals surface area contributed by atoms with Crippen LogP contribution in [0.25, 0.3) is 10.9 Å². The zero-order valence-electron chi connectivity index (χ0n) is 21.4. The molecule has 0 spiro atoms. The van der Waals surface area contributed by atoms with Crippen LogP contribution in [-0.2, 0) is 0 Å². The molecule has 9 nitrogen and oxygen atoms in total. The van der Waals surface area contributed by atoms with Crippen molar-refractivity contribution >= 4 is 34.2 Å². The topological polar surface area (TPSA) is 122 Å². The SMILES string of the molecule is COc1ccc(C(=O)Nc2cccc(C(CCN(C)C)Nc3ncnc4c(C(N)=O)cccc34)c2)c(F)c1. The van der Waals surface area contributed by atoms with Crippen molar-refractivity contribution in [3.05, 3.63) is 89.5 Å². The van der Waals surface area contributed by atoms with E-state index < -0.39 is 17.6 Å². The first-order valence-corrected chi connectivity index (χ1v) is 12.0. The maximum absolute atomic E-state index is 14.4. The Hall–Kier alpha value is -4.57. The molecule has 2 amide bonds. The molecular weight excluding hydrogens is 487 g/mol. The Morgan fingerprint density at radius 2 is 1.84 bits per heavy atom. The Morgan fingerprint density at radius 1 is 1.05 bits per heavy atom. The highest BCUT2D eigenvalue weighted by Crippen LogP contribution is 2.29. The zero-order chi connectivity index (χ0) is 27.2. The Labute approximate surface area is 219 Å². The molecule has 38 heavy (non-hydrogen) atoms. The minimum Gasteiger partial charge on any atom is -0.497 e. The minimum absolute atomic E-state index is 0.0869. The van der Waals surface area contributed by atoms with E-state index in [1.165, 1.54) is 31.6 Å². The van der Waals surface area contributed by atoms with E-state index in [1.807, 2.05) is 38.4 Å². The highest BCUT2D eigenvalue weighted by Gasteiger charge is 2.18. The molecule has 1 aromatic heterocycles. The van der Waals surface area contributed by atoms with Crippen LogP contribution < -0.4 is 21.1 Å². The number of amides is 2. The summed E-state index contributed by atoms with van der Waals surface area (Å²) in [5.41, 5.74) is 7.63. The first-order chi connectivity index (χ1) is 18.3. The lowest BCUT2D eigenvalue weighted by atomic mass is 10.0. The summed E-state index contributed by atoms with van der Waals surface area (Å²) >= 11 is 0. The van der Waals surface area contributed by atoms with Crippen LogP contribution in [-0.4, -0.2) is 54.4 Å². The van der Waals surface area contributed by atoms with Crippen molar-refractivity contribution in [1.82, 2.24) is 14.9 Å². The molecule has 196 valence electrons. The molecule has 4 rings (SSSR count). The van der Waals surface area contributed by atoms with E-state index in [0.717, 1.165) is 12.1 Å². The van der Waals surface area contributed by atoms with Crippen molar-refractivity contribution in [3.8, 4) is 5.75 Å². The molecule has 0 aliphatic rings. The monoisotopic (exact) mass is 516 g/mol. The molecular formula is C28H29FN6O3. The number of carbonyl (C=O) groups is 2. The van der Waals surface area contributed by atoms with Crippen molar-refractivity contribution in [2.75, 3.05) is 38.4 Å². The number of aromatic nitrogens is 2. The molecule has 3 aromatic carbocycles. The third-order valence-electron chi connectivity index (χ3n) is 6.07. The molecule has 1 atom stereocenters. The molecule has 0 bridgehead atoms. The maximum Gasteiger partial charge on any atom is 0.258 e. The highest BCUT2D eigenvalue weighted by molar-refractivity contribution is 6.07. The van der Waals surface area contributed by atoms with E-state index in [9.17, 15) is 14.0 Å². The van der Waals surface area contributed by atoms with Crippen LogP contribution in [0.3, 0.4) is 0 Å². The fourth-order valence-electron chi connectivity index (χ4n) is 4.11. The normalized spacial score (nSPS) is 11.8. The Bertz CT molecular complexity index is 1480. The van der Waals surface area contributed by atoms with E-state index in [2.05, 4.69) is 25.5 Å². The van der Waals surface area contributed by atoms with Gasteiger partial charge in [0.05, 0.1) is 29.8 Å². The molecule has 1 unspecified atom stereocenters. The molecule has 1 heterocycles. The van der Waals surface area contributed by atoms with Gasteiger partial charge in [0.1, 0.15) is 23.7 Å². The number of primary amides is 1. The summed E-state index contributed by atoms with van der Waals surface area (Å²) in [6.07, 6.45) is 2.10. The number of nitrogens with one attached hydrogen (secondary N) is 2. The molecule has 10 heteroatoms. The van der Waals surface area contributed by atoms with Crippen molar-refractivity contribution in [3.63, 3.8) is 0 Å². The fraction of sp³-hybridized carbons (Fsp3) is 0.214. The Morgan fingerprint density at radius 3 is 2.55 bits per heavy atom. The number of anilines is 2. The second-order valence-corrected chi connectivity index (χ2v) is 9.00. The number of nitrogens with zero attached hydrogens (tertiary/aromatic N) is 3. The van der Waals surface area contributed by atoms with Gasteiger partial charge in [0.25, 0.3) is 11.8 Å². The Balaban J connectivity index is 1.63. The fourth-order valence-corrected chi connectivity index (χ4v) is 4.11. The summed E-state index contributed by atoms with van der Waals surface area (Å²) in [6, 6.07) is 16.4. The lowest BCUT2D eigenvalue weighted by molar-refractivity contribution is 0.0998. The number of ether oxygens (including phenoxy) is 1. The number of methoxy groups -OCH3 is 1. The second kappa shape index (κ2) is 11.7.